The normalized spacial score (nSPS) is 13.3. The van der Waals surface area contributed by atoms with Crippen molar-refractivity contribution >= 4 is 11.8 Å². The zero-order valence-corrected chi connectivity index (χ0v) is 15.7. The van der Waals surface area contributed by atoms with E-state index < -0.39 is 0 Å². The largest absolute Gasteiger partial charge is 0.321 e. The van der Waals surface area contributed by atoms with Crippen LogP contribution in [-0.4, -0.2) is 14.8 Å². The second kappa shape index (κ2) is 7.49. The number of aromatic nitrogens is 3. The number of nitrogens with zero attached hydrogens (tertiary/aromatic N) is 3. The van der Waals surface area contributed by atoms with Crippen LogP contribution in [-0.2, 0) is 18.2 Å². The number of nitrogens with two attached hydrogens (primary N) is 1. The van der Waals surface area contributed by atoms with Crippen molar-refractivity contribution in [3.63, 3.8) is 0 Å². The first kappa shape index (κ1) is 18.0. The lowest BCUT2D eigenvalue weighted by Gasteiger charge is -2.19. The molecule has 0 saturated carbocycles. The van der Waals surface area contributed by atoms with Crippen LogP contribution in [0, 0.1) is 0 Å². The molecule has 4 nitrogen and oxygen atoms in total. The molecule has 0 aliphatic heterocycles. The van der Waals surface area contributed by atoms with Crippen molar-refractivity contribution in [2.45, 2.75) is 62.9 Å². The molecule has 2 aromatic rings. The van der Waals surface area contributed by atoms with Crippen LogP contribution >= 0.6 is 11.8 Å². The molecule has 0 fully saturated rings. The molecule has 1 atom stereocenters. The molecular weight excluding hydrogens is 304 g/mol. The highest BCUT2D eigenvalue weighted by atomic mass is 32.2. The number of thioether (sulfide) groups is 1. The van der Waals surface area contributed by atoms with E-state index in [2.05, 4.69) is 62.2 Å². The Morgan fingerprint density at radius 2 is 1.83 bits per heavy atom. The molecule has 1 aromatic heterocycles. The summed E-state index contributed by atoms with van der Waals surface area (Å²) < 4.78 is 2.02. The van der Waals surface area contributed by atoms with Gasteiger partial charge in [0.25, 0.3) is 0 Å². The number of rotatable bonds is 6. The van der Waals surface area contributed by atoms with Gasteiger partial charge in [-0.15, -0.1) is 10.2 Å². The molecule has 2 N–H and O–H groups in total. The molecule has 23 heavy (non-hydrogen) atoms. The van der Waals surface area contributed by atoms with Gasteiger partial charge >= 0.3 is 0 Å². The van der Waals surface area contributed by atoms with E-state index in [9.17, 15) is 0 Å². The summed E-state index contributed by atoms with van der Waals surface area (Å²) in [4.78, 5) is 0. The second-order valence-electron chi connectivity index (χ2n) is 7.03. The van der Waals surface area contributed by atoms with Crippen molar-refractivity contribution in [3.05, 3.63) is 41.2 Å². The quantitative estimate of drug-likeness (QED) is 0.805. The summed E-state index contributed by atoms with van der Waals surface area (Å²) in [5.74, 6) is 1.76. The maximum atomic E-state index is 6.15. The molecule has 1 unspecified atom stereocenters. The summed E-state index contributed by atoms with van der Waals surface area (Å²) in [7, 11) is 2.00. The Balaban J connectivity index is 2.01. The van der Waals surface area contributed by atoms with E-state index >= 15 is 0 Å². The van der Waals surface area contributed by atoms with Crippen molar-refractivity contribution in [3.8, 4) is 0 Å². The maximum Gasteiger partial charge on any atom is 0.191 e. The van der Waals surface area contributed by atoms with Gasteiger partial charge in [-0.2, -0.15) is 0 Å². The van der Waals surface area contributed by atoms with Crippen LogP contribution in [0.2, 0.25) is 0 Å². The first-order valence-corrected chi connectivity index (χ1v) is 9.18. The number of hydrogen-bond acceptors (Lipinski definition) is 4. The molecule has 0 bridgehead atoms. The fourth-order valence-corrected chi connectivity index (χ4v) is 3.34. The van der Waals surface area contributed by atoms with Crippen LogP contribution in [0.25, 0.3) is 0 Å². The zero-order chi connectivity index (χ0) is 17.0. The van der Waals surface area contributed by atoms with E-state index in [1.165, 1.54) is 11.1 Å². The first-order valence-electron chi connectivity index (χ1n) is 8.20. The highest BCUT2D eigenvalue weighted by Crippen LogP contribution is 2.26. The van der Waals surface area contributed by atoms with Gasteiger partial charge in [-0.1, -0.05) is 70.1 Å². The summed E-state index contributed by atoms with van der Waals surface area (Å²) in [5.41, 5.74) is 9.00. The van der Waals surface area contributed by atoms with Crippen molar-refractivity contribution < 1.29 is 0 Å². The predicted molar refractivity (Wildman–Crippen MR) is 97.5 cm³/mol. The van der Waals surface area contributed by atoms with Crippen LogP contribution in [0.1, 0.15) is 63.5 Å². The summed E-state index contributed by atoms with van der Waals surface area (Å²) in [6.07, 6.45) is 1.99. The fourth-order valence-electron chi connectivity index (χ4n) is 2.46. The zero-order valence-electron chi connectivity index (χ0n) is 14.8. The SMILES string of the molecule is CCCC(N)c1nnc(SCc2ccc(C(C)(C)C)cc2)n1C. The van der Waals surface area contributed by atoms with Crippen molar-refractivity contribution in [1.29, 1.82) is 0 Å². The molecule has 0 aliphatic rings. The van der Waals surface area contributed by atoms with Gasteiger partial charge < -0.3 is 10.3 Å². The van der Waals surface area contributed by atoms with Crippen LogP contribution in [0.5, 0.6) is 0 Å². The van der Waals surface area contributed by atoms with Gasteiger partial charge in [-0.3, -0.25) is 0 Å². The Hall–Kier alpha value is -1.33. The van der Waals surface area contributed by atoms with Gasteiger partial charge in [0, 0.05) is 12.8 Å². The summed E-state index contributed by atoms with van der Waals surface area (Å²) >= 11 is 1.70. The molecule has 1 aromatic carbocycles. The average Bonchev–Trinajstić information content (AvgIpc) is 2.86. The molecule has 0 amide bonds. The number of benzene rings is 1. The lowest BCUT2D eigenvalue weighted by atomic mass is 9.87. The first-order chi connectivity index (χ1) is 10.8. The molecule has 2 rings (SSSR count). The van der Waals surface area contributed by atoms with Gasteiger partial charge in [-0.25, -0.2) is 0 Å². The van der Waals surface area contributed by atoms with Crippen molar-refractivity contribution in [2.24, 2.45) is 12.8 Å². The van der Waals surface area contributed by atoms with Gasteiger partial charge in [-0.05, 0) is 23.0 Å². The minimum Gasteiger partial charge on any atom is -0.321 e. The van der Waals surface area contributed by atoms with E-state index in [0.717, 1.165) is 29.6 Å². The lowest BCUT2D eigenvalue weighted by Crippen LogP contribution is -2.15. The van der Waals surface area contributed by atoms with E-state index in [0.29, 0.717) is 0 Å². The van der Waals surface area contributed by atoms with E-state index in [4.69, 9.17) is 5.73 Å². The predicted octanol–water partition coefficient (Wildman–Crippen LogP) is 4.20. The summed E-state index contributed by atoms with van der Waals surface area (Å²) in [6.45, 7) is 8.83. The van der Waals surface area contributed by atoms with Crippen LogP contribution in [0.4, 0.5) is 0 Å². The standard InChI is InChI=1S/C18H28N4S/c1-6-7-15(19)16-20-21-17(22(16)5)23-12-13-8-10-14(11-9-13)18(2,3)4/h8-11,15H,6-7,12,19H2,1-5H3. The molecule has 5 heteroatoms. The smallest absolute Gasteiger partial charge is 0.191 e. The summed E-state index contributed by atoms with van der Waals surface area (Å²) in [6, 6.07) is 8.81. The summed E-state index contributed by atoms with van der Waals surface area (Å²) in [5, 5.41) is 9.47. The lowest BCUT2D eigenvalue weighted by molar-refractivity contribution is 0.570. The molecule has 0 saturated heterocycles. The third kappa shape index (κ3) is 4.58. The third-order valence-corrected chi connectivity index (χ3v) is 5.08. The molecule has 0 aliphatic carbocycles. The van der Waals surface area contributed by atoms with Crippen molar-refractivity contribution in [1.82, 2.24) is 14.8 Å². The van der Waals surface area contributed by atoms with E-state index in [-0.39, 0.29) is 11.5 Å². The Labute approximate surface area is 143 Å². The third-order valence-electron chi connectivity index (χ3n) is 3.99. The molecule has 0 spiro atoms. The number of hydrogen-bond donors (Lipinski definition) is 1. The molecular formula is C18H28N4S. The monoisotopic (exact) mass is 332 g/mol. The highest BCUT2D eigenvalue weighted by Gasteiger charge is 2.16. The van der Waals surface area contributed by atoms with E-state index in [1.807, 2.05) is 11.6 Å². The van der Waals surface area contributed by atoms with Crippen molar-refractivity contribution in [2.75, 3.05) is 0 Å². The highest BCUT2D eigenvalue weighted by molar-refractivity contribution is 7.98. The topological polar surface area (TPSA) is 56.7 Å². The minimum absolute atomic E-state index is 0.0297. The average molecular weight is 333 g/mol. The van der Waals surface area contributed by atoms with Crippen LogP contribution in [0.3, 0.4) is 0 Å². The minimum atomic E-state index is -0.0297. The Kier molecular flexibility index (Phi) is 5.87. The Bertz CT molecular complexity index is 625. The Morgan fingerprint density at radius 3 is 2.39 bits per heavy atom. The van der Waals surface area contributed by atoms with E-state index in [1.54, 1.807) is 11.8 Å². The fraction of sp³-hybridized carbons (Fsp3) is 0.556. The van der Waals surface area contributed by atoms with Gasteiger partial charge in [0.15, 0.2) is 5.16 Å². The second-order valence-corrected chi connectivity index (χ2v) is 7.97. The van der Waals surface area contributed by atoms with Crippen LogP contribution < -0.4 is 5.73 Å². The molecule has 1 heterocycles. The van der Waals surface area contributed by atoms with Crippen LogP contribution in [0.15, 0.2) is 29.4 Å². The van der Waals surface area contributed by atoms with Gasteiger partial charge in [0.05, 0.1) is 6.04 Å². The maximum absolute atomic E-state index is 6.15. The van der Waals surface area contributed by atoms with Gasteiger partial charge in [0.1, 0.15) is 5.82 Å². The van der Waals surface area contributed by atoms with Gasteiger partial charge in [0.2, 0.25) is 0 Å². The molecule has 126 valence electrons. The Morgan fingerprint density at radius 1 is 1.17 bits per heavy atom. The molecule has 0 radical (unpaired) electrons.